The molecule has 0 aliphatic carbocycles. The number of anilines is 1. The van der Waals surface area contributed by atoms with Crippen LogP contribution in [0.4, 0.5) is 10.1 Å². The van der Waals surface area contributed by atoms with Gasteiger partial charge >= 0.3 is 0 Å². The van der Waals surface area contributed by atoms with Crippen molar-refractivity contribution in [1.82, 2.24) is 20.0 Å². The lowest BCUT2D eigenvalue weighted by molar-refractivity contribution is 0.0980. The average Bonchev–Trinajstić information content (AvgIpc) is 3.36. The van der Waals surface area contributed by atoms with E-state index in [1.54, 1.807) is 23.0 Å². The van der Waals surface area contributed by atoms with Crippen molar-refractivity contribution in [3.63, 3.8) is 0 Å². The molecule has 0 saturated carbocycles. The number of aromatic nitrogens is 4. The highest BCUT2D eigenvalue weighted by atomic mass is 32.1. The number of benzene rings is 2. The second kappa shape index (κ2) is 8.32. The first-order chi connectivity index (χ1) is 14.1. The fourth-order valence-corrected chi connectivity index (χ4v) is 3.53. The van der Waals surface area contributed by atoms with Gasteiger partial charge < -0.3 is 4.90 Å². The Hall–Kier alpha value is -3.39. The Labute approximate surface area is 171 Å². The minimum Gasteiger partial charge on any atom is -0.301 e. The highest BCUT2D eigenvalue weighted by Gasteiger charge is 2.22. The summed E-state index contributed by atoms with van der Waals surface area (Å²) in [6.07, 6.45) is 1.62. The molecule has 6 nitrogen and oxygen atoms in total. The summed E-state index contributed by atoms with van der Waals surface area (Å²) in [5, 5.41) is 11.0. The number of carbonyl (C=O) groups excluding carboxylic acids is 1. The Morgan fingerprint density at radius 2 is 1.90 bits per heavy atom. The molecule has 146 valence electrons. The van der Waals surface area contributed by atoms with Crippen molar-refractivity contribution < 1.29 is 9.18 Å². The maximum Gasteiger partial charge on any atom is 0.280 e. The van der Waals surface area contributed by atoms with Crippen LogP contribution in [0.5, 0.6) is 0 Å². The van der Waals surface area contributed by atoms with Gasteiger partial charge in [0.1, 0.15) is 5.82 Å². The summed E-state index contributed by atoms with van der Waals surface area (Å²) >= 11 is 1.52. The summed E-state index contributed by atoms with van der Waals surface area (Å²) in [4.78, 5) is 19.2. The number of hydrogen-bond acceptors (Lipinski definition) is 5. The van der Waals surface area contributed by atoms with E-state index >= 15 is 0 Å². The van der Waals surface area contributed by atoms with Crippen LogP contribution in [0.25, 0.3) is 0 Å². The lowest BCUT2D eigenvalue weighted by Gasteiger charge is -2.21. The molecule has 2 heterocycles. The number of aryl methyl sites for hydroxylation is 1. The van der Waals surface area contributed by atoms with Crippen LogP contribution >= 0.6 is 11.3 Å². The van der Waals surface area contributed by atoms with Crippen molar-refractivity contribution in [2.24, 2.45) is 0 Å². The lowest BCUT2D eigenvalue weighted by atomic mass is 10.2. The van der Waals surface area contributed by atoms with Gasteiger partial charge in [-0.25, -0.2) is 14.1 Å². The van der Waals surface area contributed by atoms with E-state index in [4.69, 9.17) is 0 Å². The van der Waals surface area contributed by atoms with E-state index in [2.05, 4.69) is 15.3 Å². The normalized spacial score (nSPS) is 10.8. The number of thiazole rings is 1. The van der Waals surface area contributed by atoms with E-state index in [-0.39, 0.29) is 24.0 Å². The van der Waals surface area contributed by atoms with Crippen LogP contribution in [-0.2, 0) is 13.1 Å². The molecule has 4 aromatic rings. The maximum atomic E-state index is 13.4. The average molecular weight is 407 g/mol. The Bertz CT molecular complexity index is 1110. The largest absolute Gasteiger partial charge is 0.301 e. The molecule has 0 spiro atoms. The fraction of sp³-hybridized carbons (Fsp3) is 0.143. The molecule has 0 unspecified atom stereocenters. The van der Waals surface area contributed by atoms with Gasteiger partial charge in [-0.3, -0.25) is 4.79 Å². The van der Waals surface area contributed by atoms with Crippen molar-refractivity contribution in [3.8, 4) is 0 Å². The molecule has 1 amide bonds. The van der Waals surface area contributed by atoms with Crippen LogP contribution in [0, 0.1) is 12.7 Å². The molecule has 4 rings (SSSR count). The molecule has 8 heteroatoms. The smallest absolute Gasteiger partial charge is 0.280 e. The molecule has 0 fully saturated rings. The summed E-state index contributed by atoms with van der Waals surface area (Å²) in [6.45, 7) is 2.69. The van der Waals surface area contributed by atoms with E-state index in [9.17, 15) is 9.18 Å². The lowest BCUT2D eigenvalue weighted by Crippen LogP contribution is -2.31. The van der Waals surface area contributed by atoms with E-state index in [0.29, 0.717) is 12.2 Å². The quantitative estimate of drug-likeness (QED) is 0.483. The number of nitrogens with zero attached hydrogens (tertiary/aromatic N) is 5. The monoisotopic (exact) mass is 407 g/mol. The molecule has 0 atom stereocenters. The van der Waals surface area contributed by atoms with Crippen molar-refractivity contribution in [2.45, 2.75) is 20.0 Å². The van der Waals surface area contributed by atoms with Gasteiger partial charge in [0, 0.05) is 11.1 Å². The number of carbonyl (C=O) groups is 1. The van der Waals surface area contributed by atoms with Crippen LogP contribution in [-0.4, -0.2) is 25.9 Å². The van der Waals surface area contributed by atoms with Crippen molar-refractivity contribution in [1.29, 1.82) is 0 Å². The van der Waals surface area contributed by atoms with Gasteiger partial charge in [-0.2, -0.15) is 0 Å². The molecule has 29 heavy (non-hydrogen) atoms. The summed E-state index contributed by atoms with van der Waals surface area (Å²) in [5.41, 5.74) is 2.61. The van der Waals surface area contributed by atoms with Crippen LogP contribution in [0.3, 0.4) is 0 Å². The molecule has 0 N–H and O–H groups in total. The number of rotatable bonds is 6. The zero-order chi connectivity index (χ0) is 20.2. The second-order valence-corrected chi connectivity index (χ2v) is 7.57. The minimum absolute atomic E-state index is 0.220. The Morgan fingerprint density at radius 1 is 1.14 bits per heavy atom. The fourth-order valence-electron chi connectivity index (χ4n) is 2.93. The second-order valence-electron chi connectivity index (χ2n) is 6.51. The SMILES string of the molecule is Cc1nc(CN(C(=O)c2cn(Cc3ccccc3)nn2)c2ccc(F)cc2)cs1. The van der Waals surface area contributed by atoms with Crippen molar-refractivity contribution >= 4 is 22.9 Å². The third-order valence-corrected chi connectivity index (χ3v) is 5.14. The molecular weight excluding hydrogens is 389 g/mol. The van der Waals surface area contributed by atoms with Crippen LogP contribution < -0.4 is 4.90 Å². The predicted molar refractivity (Wildman–Crippen MR) is 109 cm³/mol. The zero-order valence-electron chi connectivity index (χ0n) is 15.7. The van der Waals surface area contributed by atoms with E-state index in [0.717, 1.165) is 16.3 Å². The van der Waals surface area contributed by atoms with E-state index in [1.165, 1.54) is 28.4 Å². The van der Waals surface area contributed by atoms with Gasteiger partial charge in [0.15, 0.2) is 5.69 Å². The van der Waals surface area contributed by atoms with Crippen LogP contribution in [0.2, 0.25) is 0 Å². The third-order valence-electron chi connectivity index (χ3n) is 4.32. The van der Waals surface area contributed by atoms with Gasteiger partial charge in [0.25, 0.3) is 5.91 Å². The molecule has 0 aliphatic rings. The Balaban J connectivity index is 1.60. The summed E-state index contributed by atoms with van der Waals surface area (Å²) in [6, 6.07) is 15.6. The summed E-state index contributed by atoms with van der Waals surface area (Å²) < 4.78 is 15.0. The Morgan fingerprint density at radius 3 is 2.59 bits per heavy atom. The molecular formula is C21H18FN5OS. The first kappa shape index (κ1) is 18.9. The molecule has 2 aromatic heterocycles. The first-order valence-electron chi connectivity index (χ1n) is 9.01. The highest BCUT2D eigenvalue weighted by molar-refractivity contribution is 7.09. The van der Waals surface area contributed by atoms with Crippen LogP contribution in [0.1, 0.15) is 26.8 Å². The van der Waals surface area contributed by atoms with Crippen molar-refractivity contribution in [3.05, 3.63) is 94.0 Å². The van der Waals surface area contributed by atoms with Gasteiger partial charge in [-0.15, -0.1) is 16.4 Å². The molecule has 0 saturated heterocycles. The molecule has 0 aliphatic heterocycles. The van der Waals surface area contributed by atoms with Gasteiger partial charge in [0.05, 0.1) is 30.0 Å². The van der Waals surface area contributed by atoms with Crippen LogP contribution in [0.15, 0.2) is 66.2 Å². The Kier molecular flexibility index (Phi) is 5.44. The number of amides is 1. The maximum absolute atomic E-state index is 13.4. The highest BCUT2D eigenvalue weighted by Crippen LogP contribution is 2.21. The van der Waals surface area contributed by atoms with Gasteiger partial charge in [0.2, 0.25) is 0 Å². The summed E-state index contributed by atoms with van der Waals surface area (Å²) in [7, 11) is 0. The summed E-state index contributed by atoms with van der Waals surface area (Å²) in [5.74, 6) is -0.680. The third kappa shape index (κ3) is 4.55. The molecule has 2 aromatic carbocycles. The van der Waals surface area contributed by atoms with E-state index < -0.39 is 0 Å². The van der Waals surface area contributed by atoms with Gasteiger partial charge in [-0.1, -0.05) is 35.5 Å². The standard InChI is InChI=1S/C21H18FN5OS/c1-15-23-18(14-29-15)12-27(19-9-7-17(22)8-10-19)21(28)20-13-26(25-24-20)11-16-5-3-2-4-6-16/h2-10,13-14H,11-12H2,1H3. The van der Waals surface area contributed by atoms with Gasteiger partial charge in [-0.05, 0) is 36.8 Å². The van der Waals surface area contributed by atoms with E-state index in [1.807, 2.05) is 42.6 Å². The first-order valence-corrected chi connectivity index (χ1v) is 9.89. The van der Waals surface area contributed by atoms with Crippen molar-refractivity contribution in [2.75, 3.05) is 4.90 Å². The predicted octanol–water partition coefficient (Wildman–Crippen LogP) is 4.08. The zero-order valence-corrected chi connectivity index (χ0v) is 16.5. The topological polar surface area (TPSA) is 63.9 Å². The number of hydrogen-bond donors (Lipinski definition) is 0. The molecule has 0 bridgehead atoms. The molecule has 0 radical (unpaired) electrons. The number of halogens is 1. The minimum atomic E-state index is -0.362.